The molecule has 0 bridgehead atoms. The molecule has 11 nitrogen and oxygen atoms in total. The first kappa shape index (κ1) is 69.9. The number of hydrogen-bond acceptors (Lipinski definition) is 11. The fourth-order valence-corrected chi connectivity index (χ4v) is 10.5. The van der Waals surface area contributed by atoms with Crippen molar-refractivity contribution in [3.05, 3.63) is 306 Å². The normalized spacial score (nSPS) is 12.1. The van der Waals surface area contributed by atoms with Gasteiger partial charge < -0.3 is 35.7 Å². The van der Waals surface area contributed by atoms with Gasteiger partial charge in [0, 0.05) is 85.4 Å². The number of benzene rings is 10. The molecule has 0 heterocycles. The van der Waals surface area contributed by atoms with Gasteiger partial charge in [0.15, 0.2) is 0 Å². The average molecular weight is 1220 g/mol. The quantitative estimate of drug-likeness (QED) is 0.0631. The molecule has 0 radical (unpaired) electrons. The zero-order chi connectivity index (χ0) is 61.7. The SMILES string of the molecule is CC(Cc1ccc(Nc2ccccc2)cc1)c1ccc(C(C)Nc2ccc(Cc3ccccc3)cc2)cc1.CC(c1ccc(C(C)N(C)c2ccc(N(C)c3ccccc3)cc2)cc1)N(C)c1ccc(N(C)c2ccccc2)cc1.COS(=O)(=O)OC.[Na+].[OH-]. The molecular weight excluding hydrogens is 1130 g/mol. The molecule has 10 aromatic carbocycles. The molecule has 0 saturated carbocycles. The summed E-state index contributed by atoms with van der Waals surface area (Å²) in [6, 6.07) is 96.0. The van der Waals surface area contributed by atoms with Crippen molar-refractivity contribution >= 4 is 61.6 Å². The summed E-state index contributed by atoms with van der Waals surface area (Å²) in [6.07, 6.45) is 1.99. The molecule has 10 aromatic rings. The Bertz CT molecular complexity index is 3480. The number of anilines is 9. The summed E-state index contributed by atoms with van der Waals surface area (Å²) in [4.78, 5) is 9.10. The molecule has 0 fully saturated rings. The molecule has 0 spiro atoms. The van der Waals surface area contributed by atoms with E-state index in [1.807, 2.05) is 30.3 Å². The average Bonchev–Trinajstić information content (AvgIpc) is 3.65. The zero-order valence-corrected chi connectivity index (χ0v) is 56.2. The van der Waals surface area contributed by atoms with Crippen molar-refractivity contribution in [2.24, 2.45) is 0 Å². The van der Waals surface area contributed by atoms with Crippen LogP contribution in [0.5, 0.6) is 0 Å². The number of nitrogens with zero attached hydrogens (tertiary/aromatic N) is 4. The Kier molecular flexibility index (Phi) is 27.1. The van der Waals surface area contributed by atoms with Gasteiger partial charge in [-0.2, -0.15) is 8.42 Å². The molecule has 13 heteroatoms. The van der Waals surface area contributed by atoms with Crippen molar-refractivity contribution in [3.8, 4) is 0 Å². The zero-order valence-electron chi connectivity index (χ0n) is 53.4. The van der Waals surface area contributed by atoms with Gasteiger partial charge in [-0.1, -0.05) is 165 Å². The maximum Gasteiger partial charge on any atom is 1.00 e. The summed E-state index contributed by atoms with van der Waals surface area (Å²) in [5, 5.41) is 7.11. The van der Waals surface area contributed by atoms with Crippen molar-refractivity contribution in [3.63, 3.8) is 0 Å². The van der Waals surface area contributed by atoms with Crippen LogP contribution in [0.3, 0.4) is 0 Å². The van der Waals surface area contributed by atoms with E-state index in [1.165, 1.54) is 73.1 Å². The summed E-state index contributed by atoms with van der Waals surface area (Å²) >= 11 is 0. The maximum absolute atomic E-state index is 9.92. The minimum atomic E-state index is -3.66. The summed E-state index contributed by atoms with van der Waals surface area (Å²) in [5.74, 6) is 0.456. The Hall–Kier alpha value is -8.17. The van der Waals surface area contributed by atoms with E-state index in [9.17, 15) is 8.42 Å². The Balaban J connectivity index is 0.000000252. The first-order valence-electron chi connectivity index (χ1n) is 29.7. The van der Waals surface area contributed by atoms with Crippen molar-refractivity contribution < 1.29 is 51.8 Å². The molecule has 4 atom stereocenters. The first-order chi connectivity index (χ1) is 42.1. The van der Waals surface area contributed by atoms with Gasteiger partial charge in [0.05, 0.1) is 26.3 Å². The molecule has 0 aliphatic heterocycles. The minimum absolute atomic E-state index is 0. The summed E-state index contributed by atoms with van der Waals surface area (Å²) in [7, 11) is 6.95. The molecule has 4 unspecified atom stereocenters. The van der Waals surface area contributed by atoms with Crippen molar-refractivity contribution in [2.45, 2.75) is 64.6 Å². The number of nitrogens with one attached hydrogen (secondary N) is 2. The van der Waals surface area contributed by atoms with Crippen LogP contribution < -0.4 is 59.8 Å². The first-order valence-corrected chi connectivity index (χ1v) is 31.0. The van der Waals surface area contributed by atoms with Crippen molar-refractivity contribution in [1.82, 2.24) is 0 Å². The summed E-state index contributed by atoms with van der Waals surface area (Å²) in [6.45, 7) is 9.07. The Morgan fingerprint density at radius 3 is 1.11 bits per heavy atom. The molecule has 0 saturated heterocycles. The monoisotopic (exact) mass is 1220 g/mol. The van der Waals surface area contributed by atoms with Crippen LogP contribution in [0, 0.1) is 0 Å². The van der Waals surface area contributed by atoms with Crippen LogP contribution in [0.25, 0.3) is 0 Å². The molecule has 456 valence electrons. The Morgan fingerprint density at radius 2 is 0.697 bits per heavy atom. The van der Waals surface area contributed by atoms with E-state index in [0.717, 1.165) is 44.1 Å². The van der Waals surface area contributed by atoms with Crippen LogP contribution in [0.1, 0.15) is 90.7 Å². The molecular formula is C76H85N6NaO5S. The van der Waals surface area contributed by atoms with E-state index >= 15 is 0 Å². The second-order valence-corrected chi connectivity index (χ2v) is 23.5. The second-order valence-electron chi connectivity index (χ2n) is 22.0. The van der Waals surface area contributed by atoms with Gasteiger partial charge in [0.25, 0.3) is 0 Å². The molecule has 0 aliphatic rings. The van der Waals surface area contributed by atoms with Gasteiger partial charge in [-0.05, 0) is 188 Å². The molecule has 10 rings (SSSR count). The van der Waals surface area contributed by atoms with Gasteiger partial charge in [-0.15, -0.1) is 0 Å². The van der Waals surface area contributed by atoms with Gasteiger partial charge >= 0.3 is 40.0 Å². The van der Waals surface area contributed by atoms with E-state index in [2.05, 4.69) is 331 Å². The third-order valence-corrected chi connectivity index (χ3v) is 17.0. The molecule has 0 aliphatic carbocycles. The number of hydrogen-bond donors (Lipinski definition) is 2. The summed E-state index contributed by atoms with van der Waals surface area (Å²) in [5.41, 5.74) is 19.8. The van der Waals surface area contributed by atoms with E-state index in [0.29, 0.717) is 5.92 Å². The van der Waals surface area contributed by atoms with E-state index < -0.39 is 10.4 Å². The van der Waals surface area contributed by atoms with Gasteiger partial charge in [0.1, 0.15) is 0 Å². The molecule has 89 heavy (non-hydrogen) atoms. The number of para-hydroxylation sites is 3. The molecule has 3 N–H and O–H groups in total. The van der Waals surface area contributed by atoms with Gasteiger partial charge in [-0.3, -0.25) is 8.37 Å². The van der Waals surface area contributed by atoms with E-state index in [1.54, 1.807) is 0 Å². The largest absolute Gasteiger partial charge is 1.00 e. The van der Waals surface area contributed by atoms with Crippen molar-refractivity contribution in [1.29, 1.82) is 0 Å². The standard InChI is InChI=1S/C38H42N4.C36H36N2.C2H6O4S.Na.H2O/c1-29(39(3)35-21-25-37(26-22-35)41(5)33-13-9-7-10-14-33)31-17-19-32(20-18-31)30(2)40(4)36-23-27-38(28-24-36)42(6)34-15-11-8-12-16-34;1-27(25-30-13-23-36(24-14-30)38-34-11-7-4-8-12-34)32-17-19-33(20-18-32)28(2)37-35-21-15-31(16-22-35)26-29-9-5-3-6-10-29;1-5-7(3,4)6-2;;/h7-30H,1-6H3;3-24,27-28,37-38H,25-26H2,1-2H3;1-2H3;;1H2/q;;;+1;/p-1. The predicted molar refractivity (Wildman–Crippen MR) is 369 cm³/mol. The maximum atomic E-state index is 9.92. The predicted octanol–water partition coefficient (Wildman–Crippen LogP) is 15.5. The van der Waals surface area contributed by atoms with E-state index in [-0.39, 0.29) is 53.2 Å². The van der Waals surface area contributed by atoms with Crippen LogP contribution in [0.15, 0.2) is 267 Å². The van der Waals surface area contributed by atoms with Crippen LogP contribution in [0.4, 0.5) is 51.2 Å². The van der Waals surface area contributed by atoms with Crippen LogP contribution in [-0.2, 0) is 31.6 Å². The Morgan fingerprint density at radius 1 is 0.371 bits per heavy atom. The van der Waals surface area contributed by atoms with Crippen LogP contribution in [-0.4, -0.2) is 56.3 Å². The van der Waals surface area contributed by atoms with Gasteiger partial charge in [0.2, 0.25) is 0 Å². The fraction of sp³-hybridized carbons (Fsp3) is 0.211. The molecule has 0 aromatic heterocycles. The number of rotatable bonds is 22. The third kappa shape index (κ3) is 20.4. The topological polar surface area (TPSA) is 120 Å². The molecule has 0 amide bonds. The third-order valence-electron chi connectivity index (χ3n) is 16.2. The fourth-order valence-electron chi connectivity index (χ4n) is 10.3. The van der Waals surface area contributed by atoms with Crippen molar-refractivity contribution in [2.75, 3.05) is 72.6 Å². The second kappa shape index (κ2) is 34.5. The summed E-state index contributed by atoms with van der Waals surface area (Å²) < 4.78 is 27.5. The smallest absolute Gasteiger partial charge is 0.870 e. The minimum Gasteiger partial charge on any atom is -0.870 e. The van der Waals surface area contributed by atoms with Crippen LogP contribution in [0.2, 0.25) is 0 Å². The Labute approximate surface area is 552 Å². The van der Waals surface area contributed by atoms with Crippen LogP contribution >= 0.6 is 0 Å². The van der Waals surface area contributed by atoms with E-state index in [4.69, 9.17) is 0 Å². The van der Waals surface area contributed by atoms with Gasteiger partial charge in [-0.25, -0.2) is 0 Å².